The average molecular weight is 278 g/mol. The van der Waals surface area contributed by atoms with E-state index in [0.29, 0.717) is 6.04 Å². The van der Waals surface area contributed by atoms with Gasteiger partial charge in [-0.25, -0.2) is 0 Å². The van der Waals surface area contributed by atoms with Crippen LogP contribution in [0.15, 0.2) is 24.3 Å². The summed E-state index contributed by atoms with van der Waals surface area (Å²) in [6.07, 6.45) is -0.248. The van der Waals surface area contributed by atoms with Crippen LogP contribution in [0.2, 0.25) is 0 Å². The van der Waals surface area contributed by atoms with Crippen LogP contribution in [-0.4, -0.2) is 60.3 Å². The zero-order chi connectivity index (χ0) is 14.5. The third kappa shape index (κ3) is 4.20. The summed E-state index contributed by atoms with van der Waals surface area (Å²) in [4.78, 5) is 4.84. The molecule has 1 fully saturated rings. The van der Waals surface area contributed by atoms with E-state index in [0.717, 1.165) is 38.5 Å². The van der Waals surface area contributed by atoms with Crippen molar-refractivity contribution in [3.63, 3.8) is 0 Å². The SMILES string of the molecule is COc1cccc(CN2CCN(C[C@H](C)O)[C@H](C)C2)c1. The molecule has 4 nitrogen and oxygen atoms in total. The molecule has 1 aromatic carbocycles. The van der Waals surface area contributed by atoms with Crippen molar-refractivity contribution in [2.45, 2.75) is 32.5 Å². The first-order valence-corrected chi connectivity index (χ1v) is 7.36. The lowest BCUT2D eigenvalue weighted by Crippen LogP contribution is -2.53. The van der Waals surface area contributed by atoms with Crippen molar-refractivity contribution in [3.8, 4) is 5.75 Å². The summed E-state index contributed by atoms with van der Waals surface area (Å²) in [5.41, 5.74) is 1.29. The van der Waals surface area contributed by atoms with Crippen LogP contribution >= 0.6 is 0 Å². The van der Waals surface area contributed by atoms with E-state index in [1.54, 1.807) is 7.11 Å². The van der Waals surface area contributed by atoms with Gasteiger partial charge in [-0.1, -0.05) is 12.1 Å². The summed E-state index contributed by atoms with van der Waals surface area (Å²) in [7, 11) is 1.70. The van der Waals surface area contributed by atoms with Gasteiger partial charge in [-0.15, -0.1) is 0 Å². The van der Waals surface area contributed by atoms with E-state index in [-0.39, 0.29) is 6.10 Å². The number of piperazine rings is 1. The van der Waals surface area contributed by atoms with Gasteiger partial charge in [0.1, 0.15) is 5.75 Å². The van der Waals surface area contributed by atoms with E-state index < -0.39 is 0 Å². The molecule has 4 heteroatoms. The maximum absolute atomic E-state index is 9.51. The van der Waals surface area contributed by atoms with Gasteiger partial charge >= 0.3 is 0 Å². The molecule has 0 aliphatic carbocycles. The summed E-state index contributed by atoms with van der Waals surface area (Å²) in [6.45, 7) is 8.95. The van der Waals surface area contributed by atoms with Crippen molar-refractivity contribution in [3.05, 3.63) is 29.8 Å². The number of β-amino-alcohol motifs (C(OH)–C–C–N with tert-alkyl or cyclic N) is 1. The number of rotatable bonds is 5. The smallest absolute Gasteiger partial charge is 0.119 e. The quantitative estimate of drug-likeness (QED) is 0.887. The summed E-state index contributed by atoms with van der Waals surface area (Å²) in [5.74, 6) is 0.920. The zero-order valence-corrected chi connectivity index (χ0v) is 12.7. The Balaban J connectivity index is 1.89. The molecule has 112 valence electrons. The minimum atomic E-state index is -0.248. The third-order valence-electron chi connectivity index (χ3n) is 3.89. The number of ether oxygens (including phenoxy) is 1. The van der Waals surface area contributed by atoms with Crippen LogP contribution < -0.4 is 4.74 Å². The van der Waals surface area contributed by atoms with Crippen LogP contribution in [0.5, 0.6) is 5.75 Å². The first kappa shape index (κ1) is 15.3. The second-order valence-corrected chi connectivity index (χ2v) is 5.78. The molecule has 0 spiro atoms. The Hall–Kier alpha value is -1.10. The van der Waals surface area contributed by atoms with Crippen LogP contribution in [-0.2, 0) is 6.54 Å². The van der Waals surface area contributed by atoms with Crippen molar-refractivity contribution in [1.29, 1.82) is 0 Å². The predicted octanol–water partition coefficient (Wildman–Crippen LogP) is 1.58. The van der Waals surface area contributed by atoms with Gasteiger partial charge in [0.25, 0.3) is 0 Å². The van der Waals surface area contributed by atoms with Crippen LogP contribution in [0.1, 0.15) is 19.4 Å². The molecule has 0 radical (unpaired) electrons. The van der Waals surface area contributed by atoms with Gasteiger partial charge in [-0.05, 0) is 31.5 Å². The number of aliphatic hydroxyl groups excluding tert-OH is 1. The Bertz CT molecular complexity index is 423. The molecule has 1 aliphatic heterocycles. The molecule has 20 heavy (non-hydrogen) atoms. The molecule has 0 saturated carbocycles. The molecule has 1 aromatic rings. The Morgan fingerprint density at radius 2 is 2.20 bits per heavy atom. The molecule has 0 bridgehead atoms. The summed E-state index contributed by atoms with van der Waals surface area (Å²) >= 11 is 0. The van der Waals surface area contributed by atoms with E-state index in [1.165, 1.54) is 5.56 Å². The fourth-order valence-electron chi connectivity index (χ4n) is 2.85. The minimum absolute atomic E-state index is 0.248. The Morgan fingerprint density at radius 3 is 2.85 bits per heavy atom. The Kier molecular flexibility index (Phi) is 5.40. The molecule has 1 aliphatic rings. The molecule has 1 saturated heterocycles. The Labute approximate surface area is 122 Å². The van der Waals surface area contributed by atoms with Crippen molar-refractivity contribution < 1.29 is 9.84 Å². The van der Waals surface area contributed by atoms with Gasteiger partial charge in [-0.3, -0.25) is 9.80 Å². The van der Waals surface area contributed by atoms with Gasteiger partial charge in [0, 0.05) is 38.8 Å². The van der Waals surface area contributed by atoms with Crippen LogP contribution in [0.25, 0.3) is 0 Å². The molecule has 2 rings (SSSR count). The lowest BCUT2D eigenvalue weighted by Gasteiger charge is -2.40. The van der Waals surface area contributed by atoms with E-state index in [1.807, 2.05) is 19.1 Å². The van der Waals surface area contributed by atoms with E-state index >= 15 is 0 Å². The zero-order valence-electron chi connectivity index (χ0n) is 12.7. The third-order valence-corrected chi connectivity index (χ3v) is 3.89. The standard InChI is InChI=1S/C16H26N2O2/c1-13-10-17(7-8-18(13)11-14(2)19)12-15-5-4-6-16(9-15)20-3/h4-6,9,13-14,19H,7-8,10-12H2,1-3H3/t13-,14+/m1/s1. The second kappa shape index (κ2) is 7.07. The topological polar surface area (TPSA) is 35.9 Å². The monoisotopic (exact) mass is 278 g/mol. The molecular weight excluding hydrogens is 252 g/mol. The maximum Gasteiger partial charge on any atom is 0.119 e. The fourth-order valence-corrected chi connectivity index (χ4v) is 2.85. The highest BCUT2D eigenvalue weighted by molar-refractivity contribution is 5.28. The van der Waals surface area contributed by atoms with Gasteiger partial charge in [0.05, 0.1) is 13.2 Å². The lowest BCUT2D eigenvalue weighted by atomic mass is 10.1. The van der Waals surface area contributed by atoms with Crippen LogP contribution in [0, 0.1) is 0 Å². The largest absolute Gasteiger partial charge is 0.497 e. The van der Waals surface area contributed by atoms with Crippen molar-refractivity contribution >= 4 is 0 Å². The first-order valence-electron chi connectivity index (χ1n) is 7.36. The van der Waals surface area contributed by atoms with Gasteiger partial charge in [-0.2, -0.15) is 0 Å². The molecule has 0 unspecified atom stereocenters. The van der Waals surface area contributed by atoms with Crippen molar-refractivity contribution in [2.75, 3.05) is 33.3 Å². The molecular formula is C16H26N2O2. The van der Waals surface area contributed by atoms with E-state index in [9.17, 15) is 5.11 Å². The molecule has 2 atom stereocenters. The number of methoxy groups -OCH3 is 1. The van der Waals surface area contributed by atoms with Crippen LogP contribution in [0.4, 0.5) is 0 Å². The number of benzene rings is 1. The highest BCUT2D eigenvalue weighted by Crippen LogP contribution is 2.17. The lowest BCUT2D eigenvalue weighted by molar-refractivity contribution is 0.0423. The van der Waals surface area contributed by atoms with Gasteiger partial charge in [0.15, 0.2) is 0 Å². The number of aliphatic hydroxyl groups is 1. The van der Waals surface area contributed by atoms with Crippen molar-refractivity contribution in [2.24, 2.45) is 0 Å². The van der Waals surface area contributed by atoms with Gasteiger partial charge in [0.2, 0.25) is 0 Å². The second-order valence-electron chi connectivity index (χ2n) is 5.78. The highest BCUT2D eigenvalue weighted by atomic mass is 16.5. The number of hydrogen-bond acceptors (Lipinski definition) is 4. The normalized spacial score (nSPS) is 22.7. The number of hydrogen-bond donors (Lipinski definition) is 1. The predicted molar refractivity (Wildman–Crippen MR) is 81.0 cm³/mol. The maximum atomic E-state index is 9.51. The van der Waals surface area contributed by atoms with E-state index in [4.69, 9.17) is 4.74 Å². The first-order chi connectivity index (χ1) is 9.58. The van der Waals surface area contributed by atoms with E-state index in [2.05, 4.69) is 28.9 Å². The fraction of sp³-hybridized carbons (Fsp3) is 0.625. The molecule has 1 heterocycles. The van der Waals surface area contributed by atoms with Crippen molar-refractivity contribution in [1.82, 2.24) is 9.80 Å². The summed E-state index contributed by atoms with van der Waals surface area (Å²) in [5, 5.41) is 9.51. The molecule has 1 N–H and O–H groups in total. The van der Waals surface area contributed by atoms with Crippen LogP contribution in [0.3, 0.4) is 0 Å². The number of nitrogens with zero attached hydrogens (tertiary/aromatic N) is 2. The van der Waals surface area contributed by atoms with Gasteiger partial charge < -0.3 is 9.84 Å². The highest BCUT2D eigenvalue weighted by Gasteiger charge is 2.24. The summed E-state index contributed by atoms with van der Waals surface area (Å²) in [6, 6.07) is 8.76. The molecule has 0 amide bonds. The molecule has 0 aromatic heterocycles. The Morgan fingerprint density at radius 1 is 1.40 bits per heavy atom. The average Bonchev–Trinajstić information content (AvgIpc) is 2.42. The summed E-state index contributed by atoms with van der Waals surface area (Å²) < 4.78 is 5.27. The minimum Gasteiger partial charge on any atom is -0.497 e.